The Kier molecular flexibility index (Phi) is 7.73. The lowest BCUT2D eigenvalue weighted by Crippen LogP contribution is -2.60. The molecule has 2 aromatic carbocycles. The van der Waals surface area contributed by atoms with Crippen molar-refractivity contribution in [1.29, 1.82) is 0 Å². The van der Waals surface area contributed by atoms with E-state index in [0.29, 0.717) is 5.75 Å². The molecular formula is C32H39N5O4S. The average molecular weight is 590 g/mol. The summed E-state index contributed by atoms with van der Waals surface area (Å²) in [6.07, 6.45) is 8.06. The highest BCUT2D eigenvalue weighted by atomic mass is 32.2. The first kappa shape index (κ1) is 27.9. The fraction of sp³-hybridized carbons (Fsp3) is 0.531. The Morgan fingerprint density at radius 1 is 1.00 bits per heavy atom. The molecule has 8 rings (SSSR count). The molecule has 0 radical (unpaired) electrons. The third kappa shape index (κ3) is 5.82. The van der Waals surface area contributed by atoms with Gasteiger partial charge in [-0.25, -0.2) is 9.78 Å². The molecule has 2 amide bonds. The number of H-pyrrole nitrogens is 1. The van der Waals surface area contributed by atoms with Crippen molar-refractivity contribution in [2.24, 2.45) is 23.7 Å². The summed E-state index contributed by atoms with van der Waals surface area (Å²) in [5.74, 6) is 3.10. The zero-order valence-corrected chi connectivity index (χ0v) is 24.7. The molecule has 1 aliphatic heterocycles. The smallest absolute Gasteiger partial charge is 0.319 e. The van der Waals surface area contributed by atoms with Gasteiger partial charge in [0, 0.05) is 28.5 Å². The van der Waals surface area contributed by atoms with Crippen LogP contribution in [-0.2, 0) is 16.1 Å². The molecule has 0 spiro atoms. The zero-order valence-electron chi connectivity index (χ0n) is 23.9. The minimum absolute atomic E-state index is 0.00445. The second-order valence-electron chi connectivity index (χ2n) is 12.8. The first-order chi connectivity index (χ1) is 20.4. The first-order valence-corrected chi connectivity index (χ1v) is 16.1. The first-order valence-electron chi connectivity index (χ1n) is 15.1. The highest BCUT2D eigenvalue weighted by Gasteiger charge is 2.51. The number of carbonyl (C=O) groups is 1. The molecule has 4 atom stereocenters. The van der Waals surface area contributed by atoms with E-state index < -0.39 is 6.29 Å². The summed E-state index contributed by atoms with van der Waals surface area (Å²) < 4.78 is 13.1. The van der Waals surface area contributed by atoms with Crippen LogP contribution in [0, 0.1) is 23.7 Å². The standard InChI is InChI=1S/C32H39N5O4S/c1-19-27(17-42-31-33-18-34-37-31)40-29(41-28(19)24-4-2-20(16-38)3-5-24)25-6-8-26(9-7-25)35-30(39)36-32-13-21-10-22(14-32)12-23(11-21)15-32/h2-9,18-19,21-23,27-29,38H,10-17H2,1H3,(H,33,34,37)(H2,35,36,39)/t19-,21?,22?,23?,27+,28+,29+,32?/m1/s1. The fourth-order valence-corrected chi connectivity index (χ4v) is 9.07. The van der Waals surface area contributed by atoms with E-state index in [1.807, 2.05) is 48.5 Å². The van der Waals surface area contributed by atoms with E-state index in [2.05, 4.69) is 32.7 Å². The largest absolute Gasteiger partial charge is 0.392 e. The molecule has 1 saturated heterocycles. The number of ether oxygens (including phenoxy) is 2. The molecule has 5 aliphatic rings. The Morgan fingerprint density at radius 3 is 2.29 bits per heavy atom. The monoisotopic (exact) mass is 589 g/mol. The summed E-state index contributed by atoms with van der Waals surface area (Å²) in [7, 11) is 0. The van der Waals surface area contributed by atoms with Crippen molar-refractivity contribution in [1.82, 2.24) is 20.5 Å². The number of aliphatic hydroxyl groups excluding tert-OH is 1. The van der Waals surface area contributed by atoms with Gasteiger partial charge in [-0.05, 0) is 79.5 Å². The molecule has 4 saturated carbocycles. The molecule has 9 nitrogen and oxygen atoms in total. The minimum Gasteiger partial charge on any atom is -0.392 e. The van der Waals surface area contributed by atoms with Gasteiger partial charge in [-0.15, -0.1) is 0 Å². The highest BCUT2D eigenvalue weighted by molar-refractivity contribution is 7.99. The maximum atomic E-state index is 13.1. The van der Waals surface area contributed by atoms with Crippen LogP contribution in [0.4, 0.5) is 10.5 Å². The maximum absolute atomic E-state index is 13.1. The summed E-state index contributed by atoms with van der Waals surface area (Å²) in [4.78, 5) is 17.3. The number of anilines is 1. The van der Waals surface area contributed by atoms with Gasteiger partial charge in [-0.3, -0.25) is 5.10 Å². The van der Waals surface area contributed by atoms with Crippen LogP contribution < -0.4 is 10.6 Å². The number of hydrogen-bond donors (Lipinski definition) is 4. The van der Waals surface area contributed by atoms with Gasteiger partial charge in [0.1, 0.15) is 6.33 Å². The minimum atomic E-state index is -0.570. The van der Waals surface area contributed by atoms with Crippen LogP contribution in [0.25, 0.3) is 0 Å². The van der Waals surface area contributed by atoms with Gasteiger partial charge >= 0.3 is 6.03 Å². The van der Waals surface area contributed by atoms with Crippen LogP contribution in [0.2, 0.25) is 0 Å². The highest BCUT2D eigenvalue weighted by Crippen LogP contribution is 2.55. The number of nitrogens with one attached hydrogen (secondary N) is 3. The number of aliphatic hydroxyl groups is 1. The lowest BCUT2D eigenvalue weighted by molar-refractivity contribution is -0.268. The van der Waals surface area contributed by atoms with E-state index in [0.717, 1.165) is 64.6 Å². The molecule has 10 heteroatoms. The number of aromatic amines is 1. The van der Waals surface area contributed by atoms with Crippen LogP contribution in [0.1, 0.15) is 74.5 Å². The molecule has 4 bridgehead atoms. The van der Waals surface area contributed by atoms with Crippen molar-refractivity contribution < 1.29 is 19.4 Å². The molecule has 3 aromatic rings. The Balaban J connectivity index is 1.04. The number of benzene rings is 2. The Bertz CT molecular complexity index is 1330. The Labute approximate surface area is 250 Å². The van der Waals surface area contributed by atoms with E-state index in [-0.39, 0.29) is 36.3 Å². The van der Waals surface area contributed by atoms with Crippen LogP contribution in [0.3, 0.4) is 0 Å². The molecule has 5 fully saturated rings. The van der Waals surface area contributed by atoms with E-state index in [1.54, 1.807) is 11.8 Å². The van der Waals surface area contributed by atoms with Crippen molar-refractivity contribution in [2.45, 2.75) is 81.2 Å². The van der Waals surface area contributed by atoms with E-state index in [9.17, 15) is 9.90 Å². The topological polar surface area (TPSA) is 121 Å². The van der Waals surface area contributed by atoms with Gasteiger partial charge in [-0.2, -0.15) is 5.10 Å². The molecular weight excluding hydrogens is 550 g/mol. The molecule has 2 heterocycles. The SMILES string of the molecule is C[C@@H]1[C@H](CSc2ncn[nH]2)O[C@H](c2ccc(NC(=O)NC34CC5CC(CC(C5)C3)C4)cc2)O[C@@H]1c1ccc(CO)cc1. The molecule has 0 unspecified atom stereocenters. The Hall–Kier alpha value is -2.92. The van der Waals surface area contributed by atoms with Gasteiger partial charge in [0.05, 0.1) is 18.8 Å². The van der Waals surface area contributed by atoms with Crippen LogP contribution in [-0.4, -0.2) is 43.7 Å². The van der Waals surface area contributed by atoms with Gasteiger partial charge in [0.2, 0.25) is 0 Å². The van der Waals surface area contributed by atoms with Crippen molar-refractivity contribution in [3.63, 3.8) is 0 Å². The Morgan fingerprint density at radius 2 is 1.67 bits per heavy atom. The second kappa shape index (κ2) is 11.6. The summed E-state index contributed by atoms with van der Waals surface area (Å²) in [6.45, 7) is 2.15. The number of rotatable bonds is 8. The molecule has 42 heavy (non-hydrogen) atoms. The van der Waals surface area contributed by atoms with Crippen molar-refractivity contribution >= 4 is 23.5 Å². The molecule has 4 aliphatic carbocycles. The fourth-order valence-electron chi connectivity index (χ4n) is 8.13. The van der Waals surface area contributed by atoms with Crippen LogP contribution in [0.15, 0.2) is 60.0 Å². The predicted molar refractivity (Wildman–Crippen MR) is 160 cm³/mol. The number of nitrogens with zero attached hydrogens (tertiary/aromatic N) is 2. The van der Waals surface area contributed by atoms with Crippen molar-refractivity contribution in [2.75, 3.05) is 11.1 Å². The van der Waals surface area contributed by atoms with E-state index >= 15 is 0 Å². The molecule has 222 valence electrons. The van der Waals surface area contributed by atoms with Crippen LogP contribution in [0.5, 0.6) is 0 Å². The third-order valence-electron chi connectivity index (χ3n) is 9.76. The van der Waals surface area contributed by atoms with Gasteiger partial charge < -0.3 is 25.2 Å². The summed E-state index contributed by atoms with van der Waals surface area (Å²) in [6, 6.07) is 15.6. The third-order valence-corrected chi connectivity index (χ3v) is 10.7. The average Bonchev–Trinajstić information content (AvgIpc) is 3.50. The number of urea groups is 1. The van der Waals surface area contributed by atoms with Gasteiger partial charge in [0.25, 0.3) is 0 Å². The number of amides is 2. The van der Waals surface area contributed by atoms with Crippen molar-refractivity contribution in [3.05, 3.63) is 71.5 Å². The molecule has 1 aromatic heterocycles. The lowest BCUT2D eigenvalue weighted by Gasteiger charge is -2.56. The van der Waals surface area contributed by atoms with Crippen LogP contribution >= 0.6 is 11.8 Å². The van der Waals surface area contributed by atoms with Crippen molar-refractivity contribution in [3.8, 4) is 0 Å². The number of aromatic nitrogens is 3. The predicted octanol–water partition coefficient (Wildman–Crippen LogP) is 5.97. The zero-order chi connectivity index (χ0) is 28.7. The normalized spacial score (nSPS) is 33.4. The maximum Gasteiger partial charge on any atom is 0.319 e. The number of carbonyl (C=O) groups excluding carboxylic acids is 1. The van der Waals surface area contributed by atoms with Gasteiger partial charge in [-0.1, -0.05) is 55.1 Å². The van der Waals surface area contributed by atoms with E-state index in [4.69, 9.17) is 9.47 Å². The second-order valence-corrected chi connectivity index (χ2v) is 13.8. The number of thioether (sulfide) groups is 1. The quantitative estimate of drug-likeness (QED) is 0.239. The number of hydrogen-bond acceptors (Lipinski definition) is 7. The lowest BCUT2D eigenvalue weighted by atomic mass is 9.53. The summed E-state index contributed by atoms with van der Waals surface area (Å²) in [5.41, 5.74) is 3.52. The molecule has 4 N–H and O–H groups in total. The van der Waals surface area contributed by atoms with E-state index in [1.165, 1.54) is 25.6 Å². The van der Waals surface area contributed by atoms with Gasteiger partial charge in [0.15, 0.2) is 11.4 Å². The summed E-state index contributed by atoms with van der Waals surface area (Å²) >= 11 is 1.57. The summed E-state index contributed by atoms with van der Waals surface area (Å²) in [5, 5.41) is 23.6.